The molecule has 2 aromatic carbocycles. The van der Waals surface area contributed by atoms with Gasteiger partial charge in [-0.3, -0.25) is 0 Å². The van der Waals surface area contributed by atoms with Crippen LogP contribution in [0.5, 0.6) is 0 Å². The van der Waals surface area contributed by atoms with Gasteiger partial charge in [-0.2, -0.15) is 0 Å². The summed E-state index contributed by atoms with van der Waals surface area (Å²) in [5.74, 6) is 0.394. The minimum atomic E-state index is -0.361. The zero-order valence-electron chi connectivity index (χ0n) is 16.0. The van der Waals surface area contributed by atoms with E-state index in [1.165, 1.54) is 12.7 Å². The van der Waals surface area contributed by atoms with Gasteiger partial charge in [-0.15, -0.1) is 0 Å². The third kappa shape index (κ3) is 4.31. The standard InChI is InChI=1S/C23H23NO4/c1-3-17-6-4-5-7-20(17)21-14-19(24-26)12-13-22(21)28-15-16-8-10-18(11-9-16)23(25)27-2/h4-13,26H,3,14-15H2,1-2H3. The van der Waals surface area contributed by atoms with Gasteiger partial charge in [0, 0.05) is 12.0 Å². The van der Waals surface area contributed by atoms with E-state index in [9.17, 15) is 10.0 Å². The summed E-state index contributed by atoms with van der Waals surface area (Å²) in [6.07, 6.45) is 4.99. The molecule has 0 heterocycles. The van der Waals surface area contributed by atoms with E-state index in [1.54, 1.807) is 18.2 Å². The maximum atomic E-state index is 11.5. The molecule has 0 aromatic heterocycles. The summed E-state index contributed by atoms with van der Waals surface area (Å²) in [5.41, 5.74) is 5.36. The fraction of sp³-hybridized carbons (Fsp3) is 0.217. The SMILES string of the molecule is CCc1ccccc1C1=C(OCc2ccc(C(=O)OC)cc2)C=CC(=NO)C1. The van der Waals surface area contributed by atoms with Crippen LogP contribution in [0, 0.1) is 0 Å². The van der Waals surface area contributed by atoms with E-state index in [2.05, 4.69) is 24.2 Å². The summed E-state index contributed by atoms with van der Waals surface area (Å²) in [5, 5.41) is 12.6. The van der Waals surface area contributed by atoms with Crippen LogP contribution in [0.1, 0.15) is 40.4 Å². The van der Waals surface area contributed by atoms with E-state index in [-0.39, 0.29) is 5.97 Å². The number of aryl methyl sites for hydroxylation is 1. The number of esters is 1. The highest BCUT2D eigenvalue weighted by molar-refractivity contribution is 6.04. The van der Waals surface area contributed by atoms with Gasteiger partial charge in [-0.05, 0) is 47.4 Å². The maximum absolute atomic E-state index is 11.5. The number of nitrogens with zero attached hydrogens (tertiary/aromatic N) is 1. The van der Waals surface area contributed by atoms with Crippen LogP contribution < -0.4 is 0 Å². The first-order valence-corrected chi connectivity index (χ1v) is 9.16. The Morgan fingerprint density at radius 3 is 2.54 bits per heavy atom. The number of rotatable bonds is 6. The molecule has 3 rings (SSSR count). The van der Waals surface area contributed by atoms with Crippen molar-refractivity contribution in [2.75, 3.05) is 7.11 Å². The molecule has 0 atom stereocenters. The van der Waals surface area contributed by atoms with Gasteiger partial charge in [0.25, 0.3) is 0 Å². The lowest BCUT2D eigenvalue weighted by molar-refractivity contribution is 0.0600. The van der Waals surface area contributed by atoms with Crippen molar-refractivity contribution in [1.29, 1.82) is 0 Å². The molecule has 2 aromatic rings. The highest BCUT2D eigenvalue weighted by Crippen LogP contribution is 2.31. The predicted octanol–water partition coefficient (Wildman–Crippen LogP) is 4.75. The van der Waals surface area contributed by atoms with Gasteiger partial charge in [0.15, 0.2) is 0 Å². The molecule has 0 unspecified atom stereocenters. The Hall–Kier alpha value is -3.34. The molecular weight excluding hydrogens is 354 g/mol. The average Bonchev–Trinajstić information content (AvgIpc) is 2.77. The van der Waals surface area contributed by atoms with Crippen LogP contribution in [-0.4, -0.2) is 24.0 Å². The lowest BCUT2D eigenvalue weighted by atomic mass is 9.90. The lowest BCUT2D eigenvalue weighted by Crippen LogP contribution is -2.08. The average molecular weight is 377 g/mol. The van der Waals surface area contributed by atoms with Gasteiger partial charge in [-0.25, -0.2) is 4.79 Å². The molecule has 1 N–H and O–H groups in total. The summed E-state index contributed by atoms with van der Waals surface area (Å²) >= 11 is 0. The van der Waals surface area contributed by atoms with E-state index in [4.69, 9.17) is 9.47 Å². The van der Waals surface area contributed by atoms with Gasteiger partial charge >= 0.3 is 5.97 Å². The number of methoxy groups -OCH3 is 1. The normalized spacial score (nSPS) is 15.0. The number of oxime groups is 1. The van der Waals surface area contributed by atoms with E-state index < -0.39 is 0 Å². The van der Waals surface area contributed by atoms with Crippen molar-refractivity contribution in [2.24, 2.45) is 5.16 Å². The number of carbonyl (C=O) groups is 1. The van der Waals surface area contributed by atoms with Crippen LogP contribution >= 0.6 is 0 Å². The highest BCUT2D eigenvalue weighted by Gasteiger charge is 2.18. The van der Waals surface area contributed by atoms with Crippen LogP contribution in [0.2, 0.25) is 0 Å². The number of hydrogen-bond acceptors (Lipinski definition) is 5. The van der Waals surface area contributed by atoms with Crippen molar-refractivity contribution < 1.29 is 19.5 Å². The summed E-state index contributed by atoms with van der Waals surface area (Å²) in [4.78, 5) is 11.5. The smallest absolute Gasteiger partial charge is 0.337 e. The van der Waals surface area contributed by atoms with E-state index in [0.717, 1.165) is 28.9 Å². The molecule has 1 aliphatic rings. The molecule has 5 heteroatoms. The topological polar surface area (TPSA) is 68.1 Å². The molecule has 0 amide bonds. The quantitative estimate of drug-likeness (QED) is 0.448. The highest BCUT2D eigenvalue weighted by atomic mass is 16.5. The Morgan fingerprint density at radius 1 is 1.11 bits per heavy atom. The molecule has 144 valence electrons. The Labute approximate surface area is 164 Å². The molecule has 0 radical (unpaired) electrons. The monoisotopic (exact) mass is 377 g/mol. The number of ether oxygens (including phenoxy) is 2. The Kier molecular flexibility index (Phi) is 6.27. The zero-order valence-corrected chi connectivity index (χ0v) is 16.0. The van der Waals surface area contributed by atoms with E-state index in [1.807, 2.05) is 30.3 Å². The first-order valence-electron chi connectivity index (χ1n) is 9.16. The van der Waals surface area contributed by atoms with Crippen molar-refractivity contribution in [3.05, 3.63) is 88.7 Å². The Bertz CT molecular complexity index is 939. The fourth-order valence-electron chi connectivity index (χ4n) is 3.17. The second kappa shape index (κ2) is 9.04. The van der Waals surface area contributed by atoms with Crippen molar-refractivity contribution >= 4 is 17.3 Å². The van der Waals surface area contributed by atoms with Gasteiger partial charge < -0.3 is 14.7 Å². The van der Waals surface area contributed by atoms with Gasteiger partial charge in [-0.1, -0.05) is 48.5 Å². The van der Waals surface area contributed by atoms with Crippen molar-refractivity contribution in [3.63, 3.8) is 0 Å². The largest absolute Gasteiger partial charge is 0.489 e. The van der Waals surface area contributed by atoms with E-state index >= 15 is 0 Å². The molecule has 0 aliphatic heterocycles. The molecular formula is C23H23NO4. The third-order valence-electron chi connectivity index (χ3n) is 4.70. The lowest BCUT2D eigenvalue weighted by Gasteiger charge is -2.20. The number of allylic oxidation sites excluding steroid dienone is 3. The number of hydrogen-bond donors (Lipinski definition) is 1. The molecule has 0 spiro atoms. The molecule has 0 bridgehead atoms. The van der Waals surface area contributed by atoms with Gasteiger partial charge in [0.05, 0.1) is 18.4 Å². The zero-order chi connectivity index (χ0) is 19.9. The number of benzene rings is 2. The van der Waals surface area contributed by atoms with Crippen LogP contribution in [-0.2, 0) is 22.5 Å². The summed E-state index contributed by atoms with van der Waals surface area (Å²) in [7, 11) is 1.36. The van der Waals surface area contributed by atoms with Crippen LogP contribution in [0.3, 0.4) is 0 Å². The third-order valence-corrected chi connectivity index (χ3v) is 4.70. The summed E-state index contributed by atoms with van der Waals surface area (Å²) < 4.78 is 10.8. The van der Waals surface area contributed by atoms with Crippen molar-refractivity contribution in [2.45, 2.75) is 26.4 Å². The van der Waals surface area contributed by atoms with Gasteiger partial charge in [0.1, 0.15) is 12.4 Å². The molecule has 1 aliphatic carbocycles. The summed E-state index contributed by atoms with van der Waals surface area (Å²) in [6, 6.07) is 15.3. The minimum Gasteiger partial charge on any atom is -0.489 e. The molecule has 28 heavy (non-hydrogen) atoms. The number of carbonyl (C=O) groups excluding carboxylic acids is 1. The van der Waals surface area contributed by atoms with Gasteiger partial charge in [0.2, 0.25) is 0 Å². The van der Waals surface area contributed by atoms with Crippen molar-refractivity contribution in [1.82, 2.24) is 0 Å². The first kappa shape index (κ1) is 19.4. The second-order valence-electron chi connectivity index (χ2n) is 6.43. The maximum Gasteiger partial charge on any atom is 0.337 e. The fourth-order valence-corrected chi connectivity index (χ4v) is 3.17. The minimum absolute atomic E-state index is 0.361. The van der Waals surface area contributed by atoms with Crippen molar-refractivity contribution in [3.8, 4) is 0 Å². The molecule has 0 saturated carbocycles. The Balaban J connectivity index is 1.85. The second-order valence-corrected chi connectivity index (χ2v) is 6.43. The van der Waals surface area contributed by atoms with Crippen LogP contribution in [0.15, 0.2) is 71.6 Å². The molecule has 0 fully saturated rings. The van der Waals surface area contributed by atoms with E-state index in [0.29, 0.717) is 24.3 Å². The van der Waals surface area contributed by atoms with Crippen LogP contribution in [0.4, 0.5) is 0 Å². The predicted molar refractivity (Wildman–Crippen MR) is 108 cm³/mol. The van der Waals surface area contributed by atoms with Crippen LogP contribution in [0.25, 0.3) is 5.57 Å². The summed E-state index contributed by atoms with van der Waals surface area (Å²) in [6.45, 7) is 2.48. The first-order chi connectivity index (χ1) is 13.7. The Morgan fingerprint density at radius 2 is 1.86 bits per heavy atom. The molecule has 5 nitrogen and oxygen atoms in total. The molecule has 0 saturated heterocycles.